The topological polar surface area (TPSA) is 27.1 Å². The molecule has 1 aliphatic carbocycles. The lowest BCUT2D eigenvalue weighted by molar-refractivity contribution is 0.293. The van der Waals surface area contributed by atoms with Gasteiger partial charge in [0.2, 0.25) is 0 Å². The monoisotopic (exact) mass is 340 g/mol. The minimum absolute atomic E-state index is 0.594. The highest BCUT2D eigenvalue weighted by atomic mass is 127. The zero-order valence-corrected chi connectivity index (χ0v) is 11.5. The van der Waals surface area contributed by atoms with Crippen molar-refractivity contribution in [3.05, 3.63) is 46.1 Å². The van der Waals surface area contributed by atoms with Gasteiger partial charge in [-0.15, -0.1) is 0 Å². The van der Waals surface area contributed by atoms with Crippen LogP contribution in [0.4, 0.5) is 0 Å². The highest BCUT2D eigenvalue weighted by Crippen LogP contribution is 2.35. The minimum atomic E-state index is 0.594. The molecule has 0 bridgehead atoms. The Morgan fingerprint density at radius 3 is 2.94 bits per heavy atom. The Morgan fingerprint density at radius 2 is 2.18 bits per heavy atom. The summed E-state index contributed by atoms with van der Waals surface area (Å²) in [5.74, 6) is 0.941. The quantitative estimate of drug-likeness (QED) is 0.798. The van der Waals surface area contributed by atoms with E-state index in [1.165, 1.54) is 12.8 Å². The number of hydrogen-bond acceptors (Lipinski definition) is 2. The number of imidazole rings is 1. The molecule has 0 atom stereocenters. The predicted molar refractivity (Wildman–Crippen MR) is 74.0 cm³/mol. The van der Waals surface area contributed by atoms with E-state index in [0.29, 0.717) is 12.6 Å². The number of hydrogen-bond donors (Lipinski definition) is 0. The summed E-state index contributed by atoms with van der Waals surface area (Å²) in [6.07, 6.45) is 6.35. The molecular weight excluding hydrogens is 327 g/mol. The van der Waals surface area contributed by atoms with Crippen LogP contribution in [0.3, 0.4) is 0 Å². The largest absolute Gasteiger partial charge is 0.486 e. The van der Waals surface area contributed by atoms with E-state index >= 15 is 0 Å². The van der Waals surface area contributed by atoms with E-state index in [1.807, 2.05) is 36.8 Å². The van der Waals surface area contributed by atoms with E-state index in [0.717, 1.165) is 15.0 Å². The zero-order valence-electron chi connectivity index (χ0n) is 9.34. The highest BCUT2D eigenvalue weighted by molar-refractivity contribution is 14.1. The molecule has 3 rings (SSSR count). The van der Waals surface area contributed by atoms with Crippen LogP contribution in [0.15, 0.2) is 36.8 Å². The molecule has 17 heavy (non-hydrogen) atoms. The molecule has 0 N–H and O–H groups in total. The van der Waals surface area contributed by atoms with E-state index < -0.39 is 0 Å². The first kappa shape index (κ1) is 11.1. The summed E-state index contributed by atoms with van der Waals surface area (Å²) in [6, 6.07) is 8.72. The maximum atomic E-state index is 5.83. The summed E-state index contributed by atoms with van der Waals surface area (Å²) >= 11 is 2.29. The van der Waals surface area contributed by atoms with Crippen molar-refractivity contribution in [3.63, 3.8) is 0 Å². The van der Waals surface area contributed by atoms with Crippen molar-refractivity contribution in [1.29, 1.82) is 0 Å². The lowest BCUT2D eigenvalue weighted by Crippen LogP contribution is -2.04. The average molecular weight is 340 g/mol. The van der Waals surface area contributed by atoms with Gasteiger partial charge in [0.15, 0.2) is 0 Å². The third-order valence-corrected chi connectivity index (χ3v) is 3.79. The Balaban J connectivity index is 1.71. The molecule has 1 saturated carbocycles. The SMILES string of the molecule is Ic1ccccc1OCc1cncn1C1CC1. The van der Waals surface area contributed by atoms with Crippen molar-refractivity contribution in [1.82, 2.24) is 9.55 Å². The van der Waals surface area contributed by atoms with E-state index in [9.17, 15) is 0 Å². The molecular formula is C13H13IN2O. The molecule has 0 amide bonds. The molecule has 3 nitrogen and oxygen atoms in total. The molecule has 0 radical (unpaired) electrons. The fourth-order valence-corrected chi connectivity index (χ4v) is 2.38. The zero-order chi connectivity index (χ0) is 11.7. The van der Waals surface area contributed by atoms with Crippen LogP contribution < -0.4 is 4.74 Å². The molecule has 2 aromatic rings. The lowest BCUT2D eigenvalue weighted by Gasteiger charge is -2.09. The second kappa shape index (κ2) is 4.68. The summed E-state index contributed by atoms with van der Waals surface area (Å²) in [5, 5.41) is 0. The third kappa shape index (κ3) is 2.46. The van der Waals surface area contributed by atoms with Gasteiger partial charge in [-0.25, -0.2) is 4.98 Å². The smallest absolute Gasteiger partial charge is 0.133 e. The molecule has 88 valence electrons. The van der Waals surface area contributed by atoms with Gasteiger partial charge in [-0.2, -0.15) is 0 Å². The predicted octanol–water partition coefficient (Wildman–Crippen LogP) is 3.40. The maximum absolute atomic E-state index is 5.83. The van der Waals surface area contributed by atoms with Crippen molar-refractivity contribution in [2.24, 2.45) is 0 Å². The molecule has 1 aromatic heterocycles. The Labute approximate surface area is 114 Å². The van der Waals surface area contributed by atoms with Crippen molar-refractivity contribution in [3.8, 4) is 5.75 Å². The first-order valence-electron chi connectivity index (χ1n) is 5.72. The Kier molecular flexibility index (Phi) is 3.05. The first-order valence-corrected chi connectivity index (χ1v) is 6.80. The van der Waals surface area contributed by atoms with Gasteiger partial charge in [0.25, 0.3) is 0 Å². The van der Waals surface area contributed by atoms with Crippen molar-refractivity contribution >= 4 is 22.6 Å². The van der Waals surface area contributed by atoms with Gasteiger partial charge >= 0.3 is 0 Å². The molecule has 0 unspecified atom stereocenters. The van der Waals surface area contributed by atoms with Gasteiger partial charge in [-0.05, 0) is 47.6 Å². The minimum Gasteiger partial charge on any atom is -0.486 e. The van der Waals surface area contributed by atoms with Crippen LogP contribution in [-0.4, -0.2) is 9.55 Å². The summed E-state index contributed by atoms with van der Waals surface area (Å²) < 4.78 is 9.20. The molecule has 0 spiro atoms. The average Bonchev–Trinajstić information content (AvgIpc) is 3.08. The number of aromatic nitrogens is 2. The summed E-state index contributed by atoms with van der Waals surface area (Å²) in [5.41, 5.74) is 1.16. The van der Waals surface area contributed by atoms with Crippen molar-refractivity contribution in [2.45, 2.75) is 25.5 Å². The van der Waals surface area contributed by atoms with Gasteiger partial charge < -0.3 is 9.30 Å². The van der Waals surface area contributed by atoms with Crippen LogP contribution >= 0.6 is 22.6 Å². The molecule has 1 fully saturated rings. The number of benzene rings is 1. The summed E-state index contributed by atoms with van der Waals surface area (Å²) in [4.78, 5) is 4.20. The summed E-state index contributed by atoms with van der Waals surface area (Å²) in [7, 11) is 0. The number of halogens is 1. The van der Waals surface area contributed by atoms with E-state index in [-0.39, 0.29) is 0 Å². The molecule has 1 aromatic carbocycles. The highest BCUT2D eigenvalue weighted by Gasteiger charge is 2.25. The van der Waals surface area contributed by atoms with Gasteiger partial charge in [0, 0.05) is 6.04 Å². The fraction of sp³-hybridized carbons (Fsp3) is 0.308. The van der Waals surface area contributed by atoms with Crippen LogP contribution in [-0.2, 0) is 6.61 Å². The molecule has 0 saturated heterocycles. The van der Waals surface area contributed by atoms with E-state index in [4.69, 9.17) is 4.74 Å². The Bertz CT molecular complexity index is 520. The normalized spacial score (nSPS) is 14.9. The number of para-hydroxylation sites is 1. The van der Waals surface area contributed by atoms with Gasteiger partial charge in [-0.3, -0.25) is 0 Å². The maximum Gasteiger partial charge on any atom is 0.133 e. The number of ether oxygens (including phenoxy) is 1. The lowest BCUT2D eigenvalue weighted by atomic mass is 10.3. The van der Waals surface area contributed by atoms with Crippen LogP contribution in [0, 0.1) is 3.57 Å². The Morgan fingerprint density at radius 1 is 1.35 bits per heavy atom. The van der Waals surface area contributed by atoms with Crippen LogP contribution in [0.1, 0.15) is 24.6 Å². The molecule has 1 heterocycles. The standard InChI is InChI=1S/C13H13IN2O/c14-12-3-1-2-4-13(12)17-8-11-7-15-9-16(11)10-5-6-10/h1-4,7,9-10H,5-6,8H2. The first-order chi connectivity index (χ1) is 8.34. The van der Waals surface area contributed by atoms with E-state index in [1.54, 1.807) is 0 Å². The van der Waals surface area contributed by atoms with Crippen molar-refractivity contribution < 1.29 is 4.74 Å². The molecule has 0 aliphatic heterocycles. The van der Waals surface area contributed by atoms with Crippen molar-refractivity contribution in [2.75, 3.05) is 0 Å². The van der Waals surface area contributed by atoms with Gasteiger partial charge in [-0.1, -0.05) is 12.1 Å². The second-order valence-corrected chi connectivity index (χ2v) is 5.40. The van der Waals surface area contributed by atoms with Crippen LogP contribution in [0.25, 0.3) is 0 Å². The molecule has 1 aliphatic rings. The van der Waals surface area contributed by atoms with Crippen LogP contribution in [0.5, 0.6) is 5.75 Å². The van der Waals surface area contributed by atoms with Crippen LogP contribution in [0.2, 0.25) is 0 Å². The fourth-order valence-electron chi connectivity index (χ4n) is 1.84. The summed E-state index contributed by atoms with van der Waals surface area (Å²) in [6.45, 7) is 0.594. The number of nitrogens with zero attached hydrogens (tertiary/aromatic N) is 2. The second-order valence-electron chi connectivity index (χ2n) is 4.24. The van der Waals surface area contributed by atoms with E-state index in [2.05, 4.69) is 32.1 Å². The van der Waals surface area contributed by atoms with Gasteiger partial charge in [0.1, 0.15) is 12.4 Å². The Hall–Kier alpha value is -1.04. The molecule has 4 heteroatoms. The third-order valence-electron chi connectivity index (χ3n) is 2.90. The van der Waals surface area contributed by atoms with Gasteiger partial charge in [0.05, 0.1) is 21.8 Å². The number of rotatable bonds is 4.